The van der Waals surface area contributed by atoms with Gasteiger partial charge >= 0.3 is 0 Å². The number of aromatic nitrogens is 1. The molecule has 1 rings (SSSR count). The van der Waals surface area contributed by atoms with Crippen LogP contribution in [0.4, 0.5) is 0 Å². The molecule has 0 unspecified atom stereocenters. The molecule has 0 bridgehead atoms. The van der Waals surface area contributed by atoms with Gasteiger partial charge in [-0.25, -0.2) is 0 Å². The van der Waals surface area contributed by atoms with Crippen LogP contribution in [0.1, 0.15) is 0 Å². The van der Waals surface area contributed by atoms with Crippen molar-refractivity contribution in [2.45, 2.75) is 0 Å². The van der Waals surface area contributed by atoms with Crippen molar-refractivity contribution in [3.05, 3.63) is 24.4 Å². The Balaban J connectivity index is 2.99. The molecule has 0 amide bonds. The Morgan fingerprint density at radius 1 is 1.50 bits per heavy atom. The van der Waals surface area contributed by atoms with Gasteiger partial charge in [0, 0.05) is 13.6 Å². The summed E-state index contributed by atoms with van der Waals surface area (Å²) < 4.78 is 0. The van der Waals surface area contributed by atoms with Crippen LogP contribution in [0.25, 0.3) is 0 Å². The van der Waals surface area contributed by atoms with Crippen LogP contribution in [0.5, 0.6) is 0 Å². The van der Waals surface area contributed by atoms with Crippen molar-refractivity contribution in [3.8, 4) is 0 Å². The minimum Gasteiger partial charge on any atom is -0.251 e. The van der Waals surface area contributed by atoms with E-state index in [1.165, 1.54) is 0 Å². The third-order valence-corrected chi connectivity index (χ3v) is 1.76. The van der Waals surface area contributed by atoms with Gasteiger partial charge in [-0.2, -0.15) is 0 Å². The second-order valence-electron chi connectivity index (χ2n) is 1.28. The zero-order valence-corrected chi connectivity index (χ0v) is 5.82. The molecule has 1 aromatic rings. The first-order chi connectivity index (χ1) is 3.93. The summed E-state index contributed by atoms with van der Waals surface area (Å²) in [5, 5.41) is 0. The van der Waals surface area contributed by atoms with E-state index in [4.69, 9.17) is 11.8 Å². The molecule has 0 aromatic carbocycles. The summed E-state index contributed by atoms with van der Waals surface area (Å²) in [7, 11) is 0.822. The smallest absolute Gasteiger partial charge is 0.101 e. The lowest BCUT2D eigenvalue weighted by Crippen LogP contribution is -1.93. The van der Waals surface area contributed by atoms with Crippen LogP contribution in [0.15, 0.2) is 24.4 Å². The molecule has 1 aromatic heterocycles. The molecule has 1 nitrogen and oxygen atoms in total. The lowest BCUT2D eigenvalue weighted by molar-refractivity contribution is 1.40. The third-order valence-electron chi connectivity index (χ3n) is 0.743. The Bertz CT molecular complexity index is 175. The normalized spacial score (nSPS) is 9.50. The third kappa shape index (κ3) is 1.32. The van der Waals surface area contributed by atoms with E-state index in [1.54, 1.807) is 6.20 Å². The number of pyridine rings is 1. The van der Waals surface area contributed by atoms with Gasteiger partial charge in [0.15, 0.2) is 0 Å². The van der Waals surface area contributed by atoms with Gasteiger partial charge in [0.2, 0.25) is 0 Å². The van der Waals surface area contributed by atoms with Crippen LogP contribution in [0.3, 0.4) is 0 Å². The van der Waals surface area contributed by atoms with Crippen LogP contribution >= 0.6 is 7.36 Å². The van der Waals surface area contributed by atoms with E-state index in [1.807, 2.05) is 18.2 Å². The van der Waals surface area contributed by atoms with Crippen LogP contribution in [0, 0.1) is 0 Å². The average Bonchev–Trinajstić information content (AvgIpc) is 1.90. The minimum atomic E-state index is 0.822. The maximum atomic E-state index is 4.73. The maximum Gasteiger partial charge on any atom is 0.101 e. The van der Waals surface area contributed by atoms with Crippen LogP contribution < -0.4 is 5.44 Å². The van der Waals surface area contributed by atoms with Gasteiger partial charge in [0.05, 0.1) is 0 Å². The predicted molar refractivity (Wildman–Crippen MR) is 38.2 cm³/mol. The monoisotopic (exact) mass is 141 g/mol. The minimum absolute atomic E-state index is 0.822. The number of nitrogens with zero attached hydrogens (tertiary/aromatic N) is 1. The van der Waals surface area contributed by atoms with Crippen LogP contribution in [0.2, 0.25) is 0 Å². The Hall–Kier alpha value is -0.330. The van der Waals surface area contributed by atoms with Gasteiger partial charge in [-0.05, 0) is 12.1 Å². The first-order valence-electron chi connectivity index (χ1n) is 2.18. The lowest BCUT2D eigenvalue weighted by Gasteiger charge is -1.82. The van der Waals surface area contributed by atoms with Crippen molar-refractivity contribution < 1.29 is 0 Å². The van der Waals surface area contributed by atoms with Crippen LogP contribution in [-0.2, 0) is 11.8 Å². The fourth-order valence-corrected chi connectivity index (χ4v) is 0.992. The molecule has 0 aliphatic rings. The summed E-state index contributed by atoms with van der Waals surface area (Å²) in [6, 6.07) is 5.72. The first kappa shape index (κ1) is 5.80. The average molecular weight is 141 g/mol. The zero-order chi connectivity index (χ0) is 5.82. The van der Waals surface area contributed by atoms with E-state index in [0.717, 1.165) is 12.8 Å². The molecule has 0 atom stereocenters. The largest absolute Gasteiger partial charge is 0.251 e. The van der Waals surface area contributed by atoms with E-state index in [9.17, 15) is 0 Å². The molecule has 0 saturated carbocycles. The zero-order valence-electron chi connectivity index (χ0n) is 4.11. The van der Waals surface area contributed by atoms with E-state index < -0.39 is 0 Å². The second kappa shape index (κ2) is 2.85. The van der Waals surface area contributed by atoms with Gasteiger partial charge in [0.25, 0.3) is 0 Å². The summed E-state index contributed by atoms with van der Waals surface area (Å²) >= 11 is 4.73. The number of rotatable bonds is 1. The van der Waals surface area contributed by atoms with E-state index in [-0.39, 0.29) is 0 Å². The molecule has 8 heavy (non-hydrogen) atoms. The van der Waals surface area contributed by atoms with E-state index in [0.29, 0.717) is 0 Å². The first-order valence-corrected chi connectivity index (χ1v) is 4.08. The molecule has 0 aliphatic heterocycles. The van der Waals surface area contributed by atoms with Gasteiger partial charge in [-0.1, -0.05) is 17.9 Å². The predicted octanol–water partition coefficient (Wildman–Crippen LogP) is 1.11. The molecule has 0 N–H and O–H groups in total. The summed E-state index contributed by atoms with van der Waals surface area (Å²) in [6.45, 7) is 0. The molecule has 0 spiro atoms. The Morgan fingerprint density at radius 3 is 2.75 bits per heavy atom. The van der Waals surface area contributed by atoms with Gasteiger partial charge in [-0.15, -0.1) is 0 Å². The summed E-state index contributed by atoms with van der Waals surface area (Å²) in [4.78, 5) is 3.98. The van der Waals surface area contributed by atoms with E-state index >= 15 is 0 Å². The highest BCUT2D eigenvalue weighted by atomic mass is 32.4. The summed E-state index contributed by atoms with van der Waals surface area (Å²) in [5.74, 6) is 0. The highest BCUT2D eigenvalue weighted by molar-refractivity contribution is 7.99. The molecule has 3 heteroatoms. The topological polar surface area (TPSA) is 12.9 Å². The van der Waals surface area contributed by atoms with Gasteiger partial charge in [0.1, 0.15) is 5.44 Å². The quantitative estimate of drug-likeness (QED) is 0.543. The Labute approximate surface area is 54.6 Å². The van der Waals surface area contributed by atoms with Crippen molar-refractivity contribution in [3.63, 3.8) is 0 Å². The van der Waals surface area contributed by atoms with Crippen molar-refractivity contribution in [2.24, 2.45) is 0 Å². The molecule has 0 fully saturated rings. The molecule has 0 radical (unpaired) electrons. The Kier molecular flexibility index (Phi) is 2.07. The molecule has 1 heterocycles. The number of hydrogen-bond acceptors (Lipinski definition) is 2. The highest BCUT2D eigenvalue weighted by Gasteiger charge is 1.80. The molecule has 0 aliphatic carbocycles. The SMILES string of the molecule is S=Pc1ccccn1. The summed E-state index contributed by atoms with van der Waals surface area (Å²) in [5.41, 5.74) is 0.947. The second-order valence-corrected chi connectivity index (χ2v) is 2.47. The molecular formula is C5H4NPS. The van der Waals surface area contributed by atoms with Gasteiger partial charge in [-0.3, -0.25) is 4.98 Å². The van der Waals surface area contributed by atoms with Crippen molar-refractivity contribution in [2.75, 3.05) is 0 Å². The molecule has 0 saturated heterocycles. The molecular weight excluding hydrogens is 137 g/mol. The van der Waals surface area contributed by atoms with Gasteiger partial charge < -0.3 is 0 Å². The highest BCUT2D eigenvalue weighted by Crippen LogP contribution is 1.88. The van der Waals surface area contributed by atoms with E-state index in [2.05, 4.69) is 4.98 Å². The number of hydrogen-bond donors (Lipinski definition) is 0. The summed E-state index contributed by atoms with van der Waals surface area (Å²) in [6.07, 6.45) is 1.74. The van der Waals surface area contributed by atoms with Crippen molar-refractivity contribution >= 4 is 24.6 Å². The fourth-order valence-electron chi connectivity index (χ4n) is 0.408. The fraction of sp³-hybridized carbons (Fsp3) is 0. The molecule has 40 valence electrons. The lowest BCUT2D eigenvalue weighted by atomic mass is 10.5. The Morgan fingerprint density at radius 2 is 2.38 bits per heavy atom. The van der Waals surface area contributed by atoms with Crippen molar-refractivity contribution in [1.29, 1.82) is 0 Å². The van der Waals surface area contributed by atoms with Crippen LogP contribution in [-0.4, -0.2) is 4.98 Å². The maximum absolute atomic E-state index is 4.73. The van der Waals surface area contributed by atoms with Crippen molar-refractivity contribution in [1.82, 2.24) is 4.98 Å². The standard InChI is InChI=1S/C5H4NPS/c8-7-5-3-1-2-4-6-5/h1-4H.